The van der Waals surface area contributed by atoms with E-state index < -0.39 is 41.3 Å². The SMILES string of the molecule is Cn1cc(C[C@@H](NC(=O)OC(C)(C)C)C(=O)NC(C)(C)Cn2nc(C(F)F)cc2-c2cnn(C3CCCCO3)n2)cn1. The first-order chi connectivity index (χ1) is 19.7. The summed E-state index contributed by atoms with van der Waals surface area (Å²) < 4.78 is 41.5. The van der Waals surface area contributed by atoms with Gasteiger partial charge in [0.1, 0.15) is 23.0 Å². The zero-order valence-electron chi connectivity index (χ0n) is 24.8. The Bertz CT molecular complexity index is 1370. The fourth-order valence-electron chi connectivity index (χ4n) is 4.61. The number of alkyl halides is 2. The zero-order chi connectivity index (χ0) is 30.7. The van der Waals surface area contributed by atoms with Gasteiger partial charge in [0.2, 0.25) is 5.91 Å². The van der Waals surface area contributed by atoms with Gasteiger partial charge in [0.15, 0.2) is 6.23 Å². The van der Waals surface area contributed by atoms with Crippen molar-refractivity contribution in [3.8, 4) is 11.4 Å². The van der Waals surface area contributed by atoms with Crippen molar-refractivity contribution in [1.82, 2.24) is 45.2 Å². The molecule has 1 aliphatic rings. The van der Waals surface area contributed by atoms with E-state index in [4.69, 9.17) is 9.47 Å². The highest BCUT2D eigenvalue weighted by molar-refractivity contribution is 5.86. The summed E-state index contributed by atoms with van der Waals surface area (Å²) in [6.45, 7) is 9.28. The molecule has 0 aromatic carbocycles. The van der Waals surface area contributed by atoms with Crippen molar-refractivity contribution >= 4 is 12.0 Å². The molecule has 1 unspecified atom stereocenters. The van der Waals surface area contributed by atoms with Crippen LogP contribution in [0.5, 0.6) is 0 Å². The van der Waals surface area contributed by atoms with Gasteiger partial charge >= 0.3 is 6.09 Å². The molecule has 2 N–H and O–H groups in total. The molecule has 2 atom stereocenters. The van der Waals surface area contributed by atoms with Crippen LogP contribution in [0.15, 0.2) is 24.7 Å². The number of alkyl carbamates (subject to hydrolysis) is 1. The van der Waals surface area contributed by atoms with Crippen LogP contribution in [0.25, 0.3) is 11.4 Å². The number of aryl methyl sites for hydroxylation is 1. The van der Waals surface area contributed by atoms with Crippen molar-refractivity contribution in [1.29, 1.82) is 0 Å². The third-order valence-corrected chi connectivity index (χ3v) is 6.42. The maximum atomic E-state index is 13.7. The highest BCUT2D eigenvalue weighted by Gasteiger charge is 2.31. The minimum absolute atomic E-state index is 0.0274. The number of carbonyl (C=O) groups is 2. The number of halogens is 2. The van der Waals surface area contributed by atoms with Gasteiger partial charge in [-0.2, -0.15) is 20.1 Å². The number of nitrogens with zero attached hydrogens (tertiary/aromatic N) is 7. The Morgan fingerprint density at radius 2 is 1.90 bits per heavy atom. The number of hydrogen-bond acceptors (Lipinski definition) is 8. The maximum absolute atomic E-state index is 13.7. The Morgan fingerprint density at radius 3 is 2.52 bits per heavy atom. The Hall–Kier alpha value is -3.88. The van der Waals surface area contributed by atoms with Crippen molar-refractivity contribution in [2.75, 3.05) is 6.61 Å². The van der Waals surface area contributed by atoms with E-state index in [0.717, 1.165) is 24.8 Å². The lowest BCUT2D eigenvalue weighted by molar-refractivity contribution is -0.125. The van der Waals surface area contributed by atoms with Crippen LogP contribution >= 0.6 is 0 Å². The van der Waals surface area contributed by atoms with Crippen molar-refractivity contribution in [3.05, 3.63) is 35.9 Å². The molecular weight excluding hydrogens is 552 g/mol. The van der Waals surface area contributed by atoms with Gasteiger partial charge in [-0.15, -0.1) is 5.10 Å². The summed E-state index contributed by atoms with van der Waals surface area (Å²) in [5.74, 6) is -0.488. The summed E-state index contributed by atoms with van der Waals surface area (Å²) in [6.07, 6.45) is 3.83. The molecule has 3 aromatic heterocycles. The van der Waals surface area contributed by atoms with Crippen LogP contribution in [-0.2, 0) is 34.3 Å². The van der Waals surface area contributed by atoms with Gasteiger partial charge in [-0.1, -0.05) is 0 Å². The van der Waals surface area contributed by atoms with E-state index in [1.165, 1.54) is 21.7 Å². The molecule has 0 bridgehead atoms. The van der Waals surface area contributed by atoms with Crippen LogP contribution in [0.4, 0.5) is 13.6 Å². The lowest BCUT2D eigenvalue weighted by Crippen LogP contribution is -2.55. The average Bonchev–Trinajstić information content (AvgIpc) is 3.62. The minimum atomic E-state index is -2.80. The second-order valence-electron chi connectivity index (χ2n) is 12.1. The molecule has 3 aromatic rings. The van der Waals surface area contributed by atoms with Gasteiger partial charge in [0, 0.05) is 26.3 Å². The molecule has 0 spiro atoms. The van der Waals surface area contributed by atoms with Gasteiger partial charge in [-0.25, -0.2) is 13.6 Å². The largest absolute Gasteiger partial charge is 0.444 e. The zero-order valence-corrected chi connectivity index (χ0v) is 24.8. The average molecular weight is 592 g/mol. The second kappa shape index (κ2) is 12.5. The number of nitrogens with one attached hydrogen (secondary N) is 2. The molecule has 4 rings (SSSR count). The van der Waals surface area contributed by atoms with E-state index in [1.807, 2.05) is 0 Å². The van der Waals surface area contributed by atoms with Crippen LogP contribution in [-0.4, -0.2) is 70.3 Å². The van der Waals surface area contributed by atoms with Crippen molar-refractivity contribution in [3.63, 3.8) is 0 Å². The Labute approximate surface area is 242 Å². The van der Waals surface area contributed by atoms with Gasteiger partial charge < -0.3 is 20.1 Å². The Morgan fingerprint density at radius 1 is 1.14 bits per heavy atom. The quantitative estimate of drug-likeness (QED) is 0.365. The molecule has 0 radical (unpaired) electrons. The monoisotopic (exact) mass is 591 g/mol. The summed E-state index contributed by atoms with van der Waals surface area (Å²) in [5.41, 5.74) is -0.755. The van der Waals surface area contributed by atoms with E-state index >= 15 is 0 Å². The van der Waals surface area contributed by atoms with Crippen molar-refractivity contribution < 1.29 is 27.8 Å². The molecule has 230 valence electrons. The molecule has 1 aliphatic heterocycles. The van der Waals surface area contributed by atoms with E-state index in [9.17, 15) is 18.4 Å². The summed E-state index contributed by atoms with van der Waals surface area (Å²) in [6, 6.07) is 0.279. The van der Waals surface area contributed by atoms with Crippen LogP contribution in [0, 0.1) is 0 Å². The van der Waals surface area contributed by atoms with E-state index in [1.54, 1.807) is 58.7 Å². The first kappa shape index (κ1) is 31.1. The number of amides is 2. The molecule has 13 nitrogen and oxygen atoms in total. The molecule has 15 heteroatoms. The molecule has 1 fully saturated rings. The summed E-state index contributed by atoms with van der Waals surface area (Å²) in [4.78, 5) is 27.5. The first-order valence-corrected chi connectivity index (χ1v) is 13.9. The smallest absolute Gasteiger partial charge is 0.408 e. The third-order valence-electron chi connectivity index (χ3n) is 6.42. The predicted octanol–water partition coefficient (Wildman–Crippen LogP) is 3.54. The number of carbonyl (C=O) groups excluding carboxylic acids is 2. The Balaban J connectivity index is 1.53. The maximum Gasteiger partial charge on any atom is 0.408 e. The van der Waals surface area contributed by atoms with Crippen LogP contribution in [0.2, 0.25) is 0 Å². The standard InChI is InChI=1S/C27H39F2N9O4/c1-26(2,3)42-25(40)32-19(11-17-13-30-36(6)15-17)24(39)33-27(4,5)16-37-21(12-18(34-37)23(28)29)20-14-31-38(35-20)22-9-7-8-10-41-22/h12-15,19,22-23H,7-11,16H2,1-6H3,(H,32,40)(H,33,39)/t19-,22?/m1/s1. The molecular formula is C27H39F2N9O4. The molecule has 42 heavy (non-hydrogen) atoms. The fraction of sp³-hybridized carbons (Fsp3) is 0.630. The van der Waals surface area contributed by atoms with Crippen molar-refractivity contribution in [2.45, 2.75) is 96.7 Å². The third kappa shape index (κ3) is 8.33. The topological polar surface area (TPSA) is 143 Å². The van der Waals surface area contributed by atoms with E-state index in [-0.39, 0.29) is 19.2 Å². The van der Waals surface area contributed by atoms with Crippen LogP contribution < -0.4 is 10.6 Å². The molecule has 4 heterocycles. The summed E-state index contributed by atoms with van der Waals surface area (Å²) in [5, 5.41) is 22.6. The first-order valence-electron chi connectivity index (χ1n) is 13.9. The lowest BCUT2D eigenvalue weighted by atomic mass is 10.0. The van der Waals surface area contributed by atoms with Crippen LogP contribution in [0.1, 0.15) is 77.8 Å². The molecule has 0 saturated carbocycles. The normalized spacial score (nSPS) is 16.8. The number of hydrogen-bond donors (Lipinski definition) is 2. The van der Waals surface area contributed by atoms with Gasteiger partial charge in [-0.3, -0.25) is 14.2 Å². The Kier molecular flexibility index (Phi) is 9.28. The lowest BCUT2D eigenvalue weighted by Gasteiger charge is -2.30. The fourth-order valence-corrected chi connectivity index (χ4v) is 4.61. The minimum Gasteiger partial charge on any atom is -0.444 e. The highest BCUT2D eigenvalue weighted by Crippen LogP contribution is 2.27. The second-order valence-corrected chi connectivity index (χ2v) is 12.1. The van der Waals surface area contributed by atoms with Gasteiger partial charge in [-0.05, 0) is 65.5 Å². The van der Waals surface area contributed by atoms with Crippen LogP contribution in [0.3, 0.4) is 0 Å². The van der Waals surface area contributed by atoms with Gasteiger partial charge in [0.05, 0.1) is 30.2 Å². The van der Waals surface area contributed by atoms with E-state index in [2.05, 4.69) is 31.0 Å². The molecule has 0 aliphatic carbocycles. The number of aromatic nitrogens is 7. The molecule has 1 saturated heterocycles. The number of rotatable bonds is 10. The number of ether oxygens (including phenoxy) is 2. The molecule has 2 amide bonds. The van der Waals surface area contributed by atoms with Crippen molar-refractivity contribution in [2.24, 2.45) is 7.05 Å². The predicted molar refractivity (Wildman–Crippen MR) is 147 cm³/mol. The van der Waals surface area contributed by atoms with Gasteiger partial charge in [0.25, 0.3) is 6.43 Å². The summed E-state index contributed by atoms with van der Waals surface area (Å²) >= 11 is 0. The summed E-state index contributed by atoms with van der Waals surface area (Å²) in [7, 11) is 1.75. The van der Waals surface area contributed by atoms with E-state index in [0.29, 0.717) is 18.0 Å². The highest BCUT2D eigenvalue weighted by atomic mass is 19.3.